The lowest BCUT2D eigenvalue weighted by atomic mass is 10.1. The molecule has 0 saturated heterocycles. The Morgan fingerprint density at radius 2 is 1.89 bits per heavy atom. The highest BCUT2D eigenvalue weighted by atomic mass is 16.5. The number of hydrogen-bond donors (Lipinski definition) is 2. The molecule has 3 aromatic rings. The van der Waals surface area contributed by atoms with Crippen LogP contribution in [0.5, 0.6) is 5.75 Å². The summed E-state index contributed by atoms with van der Waals surface area (Å²) < 4.78 is 7.11. The van der Waals surface area contributed by atoms with Crippen LogP contribution in [0.2, 0.25) is 0 Å². The average molecular weight is 366 g/mol. The van der Waals surface area contributed by atoms with Gasteiger partial charge >= 0.3 is 5.97 Å². The van der Waals surface area contributed by atoms with Gasteiger partial charge in [-0.2, -0.15) is 0 Å². The van der Waals surface area contributed by atoms with Crippen LogP contribution >= 0.6 is 0 Å². The van der Waals surface area contributed by atoms with Gasteiger partial charge in [0.15, 0.2) is 0 Å². The van der Waals surface area contributed by atoms with Crippen LogP contribution in [0.4, 0.5) is 0 Å². The van der Waals surface area contributed by atoms with Gasteiger partial charge in [-0.15, -0.1) is 0 Å². The van der Waals surface area contributed by atoms with Crippen molar-refractivity contribution in [2.75, 3.05) is 7.11 Å². The number of benzene rings is 2. The number of aromatic nitrogens is 1. The molecule has 0 bridgehead atoms. The molecular weight excluding hydrogens is 340 g/mol. The van der Waals surface area contributed by atoms with Crippen LogP contribution in [0.25, 0.3) is 10.9 Å². The Balaban J connectivity index is 2.07. The highest BCUT2D eigenvalue weighted by Gasteiger charge is 2.22. The molecular formula is C22H26N2O3. The molecule has 27 heavy (non-hydrogen) atoms. The summed E-state index contributed by atoms with van der Waals surface area (Å²) in [6, 6.07) is 15.9. The number of rotatable bonds is 8. The minimum absolute atomic E-state index is 0.329. The summed E-state index contributed by atoms with van der Waals surface area (Å²) in [6.07, 6.45) is 0.993. The van der Waals surface area contributed by atoms with Gasteiger partial charge in [-0.1, -0.05) is 37.3 Å². The van der Waals surface area contributed by atoms with E-state index in [0.29, 0.717) is 24.8 Å². The minimum Gasteiger partial charge on any atom is -0.497 e. The molecule has 3 rings (SSSR count). The summed E-state index contributed by atoms with van der Waals surface area (Å²) in [4.78, 5) is 12.1. The maximum atomic E-state index is 12.1. The number of methoxy groups -OCH3 is 1. The van der Waals surface area contributed by atoms with E-state index in [1.54, 1.807) is 7.11 Å². The summed E-state index contributed by atoms with van der Waals surface area (Å²) in [5.74, 6) is -0.117. The van der Waals surface area contributed by atoms with E-state index in [0.717, 1.165) is 34.2 Å². The Hall–Kier alpha value is -2.79. The lowest BCUT2D eigenvalue weighted by Gasteiger charge is -2.12. The van der Waals surface area contributed by atoms with Gasteiger partial charge in [0.25, 0.3) is 0 Å². The summed E-state index contributed by atoms with van der Waals surface area (Å²) in [7, 11) is 1.63. The average Bonchev–Trinajstić information content (AvgIpc) is 3.00. The zero-order valence-corrected chi connectivity index (χ0v) is 16.0. The minimum atomic E-state index is -0.902. The van der Waals surface area contributed by atoms with E-state index in [1.807, 2.05) is 53.1 Å². The monoisotopic (exact) mass is 366 g/mol. The number of nitrogens with zero attached hydrogens (tertiary/aromatic N) is 1. The van der Waals surface area contributed by atoms with Gasteiger partial charge in [-0.3, -0.25) is 0 Å². The van der Waals surface area contributed by atoms with E-state index >= 15 is 0 Å². The van der Waals surface area contributed by atoms with Gasteiger partial charge in [0.1, 0.15) is 11.4 Å². The van der Waals surface area contributed by atoms with Crippen molar-refractivity contribution in [2.45, 2.75) is 39.4 Å². The van der Waals surface area contributed by atoms with Crippen molar-refractivity contribution in [3.8, 4) is 5.75 Å². The number of nitrogens with one attached hydrogen (secondary N) is 1. The van der Waals surface area contributed by atoms with Gasteiger partial charge in [0.2, 0.25) is 0 Å². The Bertz CT molecular complexity index is 929. The standard InChI is InChI=1S/C22H26N2O3/c1-4-15(2)23-13-19-18-7-5-6-8-20(18)24(21(19)22(25)26)14-16-9-11-17(27-3)12-10-16/h5-12,15,23H,4,13-14H2,1-3H3,(H,25,26)/t15-/m0/s1. The third-order valence-corrected chi connectivity index (χ3v) is 5.02. The smallest absolute Gasteiger partial charge is 0.352 e. The van der Waals surface area contributed by atoms with E-state index < -0.39 is 5.97 Å². The number of ether oxygens (including phenoxy) is 1. The van der Waals surface area contributed by atoms with Gasteiger partial charge in [-0.25, -0.2) is 4.79 Å². The maximum Gasteiger partial charge on any atom is 0.352 e. The fourth-order valence-electron chi connectivity index (χ4n) is 3.30. The van der Waals surface area contributed by atoms with Crippen molar-refractivity contribution >= 4 is 16.9 Å². The molecule has 1 heterocycles. The van der Waals surface area contributed by atoms with Crippen molar-refractivity contribution in [1.29, 1.82) is 0 Å². The highest BCUT2D eigenvalue weighted by Crippen LogP contribution is 2.28. The van der Waals surface area contributed by atoms with E-state index in [9.17, 15) is 9.90 Å². The van der Waals surface area contributed by atoms with Crippen LogP contribution in [-0.4, -0.2) is 28.8 Å². The number of carbonyl (C=O) groups is 1. The number of fused-ring (bicyclic) bond motifs is 1. The molecule has 0 radical (unpaired) electrons. The molecule has 2 N–H and O–H groups in total. The van der Waals surface area contributed by atoms with Crippen molar-refractivity contribution < 1.29 is 14.6 Å². The van der Waals surface area contributed by atoms with Crippen molar-refractivity contribution in [1.82, 2.24) is 9.88 Å². The third kappa shape index (κ3) is 3.98. The van der Waals surface area contributed by atoms with E-state index in [1.165, 1.54) is 0 Å². The fourth-order valence-corrected chi connectivity index (χ4v) is 3.30. The van der Waals surface area contributed by atoms with Crippen LogP contribution in [0.1, 0.15) is 41.9 Å². The molecule has 142 valence electrons. The molecule has 0 spiro atoms. The molecule has 5 nitrogen and oxygen atoms in total. The molecule has 0 saturated carbocycles. The largest absolute Gasteiger partial charge is 0.497 e. The normalized spacial score (nSPS) is 12.3. The van der Waals surface area contributed by atoms with Crippen LogP contribution < -0.4 is 10.1 Å². The number of para-hydroxylation sites is 1. The van der Waals surface area contributed by atoms with E-state index in [2.05, 4.69) is 19.2 Å². The molecule has 0 aliphatic heterocycles. The third-order valence-electron chi connectivity index (χ3n) is 5.02. The molecule has 0 aliphatic carbocycles. The summed E-state index contributed by atoms with van der Waals surface area (Å²) in [5, 5.41) is 14.4. The SMILES string of the molecule is CC[C@H](C)NCc1c(C(=O)O)n(Cc2ccc(OC)cc2)c2ccccc12. The van der Waals surface area contributed by atoms with Crippen molar-refractivity contribution in [3.05, 3.63) is 65.4 Å². The highest BCUT2D eigenvalue weighted by molar-refractivity contribution is 5.98. The molecule has 2 aromatic carbocycles. The Morgan fingerprint density at radius 3 is 2.52 bits per heavy atom. The van der Waals surface area contributed by atoms with Gasteiger partial charge in [0, 0.05) is 35.6 Å². The lowest BCUT2D eigenvalue weighted by molar-refractivity contribution is 0.0684. The van der Waals surface area contributed by atoms with Crippen LogP contribution in [0, 0.1) is 0 Å². The Morgan fingerprint density at radius 1 is 1.19 bits per heavy atom. The second kappa shape index (κ2) is 8.27. The first-order valence-electron chi connectivity index (χ1n) is 9.24. The fraction of sp³-hybridized carbons (Fsp3) is 0.318. The second-order valence-electron chi connectivity index (χ2n) is 6.77. The van der Waals surface area contributed by atoms with Crippen molar-refractivity contribution in [2.24, 2.45) is 0 Å². The van der Waals surface area contributed by atoms with Crippen LogP contribution in [0.15, 0.2) is 48.5 Å². The Labute approximate surface area is 159 Å². The number of hydrogen-bond acceptors (Lipinski definition) is 3. The van der Waals surface area contributed by atoms with Crippen LogP contribution in [-0.2, 0) is 13.1 Å². The number of carboxylic acids is 1. The predicted molar refractivity (Wildman–Crippen MR) is 108 cm³/mol. The zero-order chi connectivity index (χ0) is 19.4. The first-order chi connectivity index (χ1) is 13.0. The molecule has 0 fully saturated rings. The predicted octanol–water partition coefficient (Wildman–Crippen LogP) is 4.28. The van der Waals surface area contributed by atoms with Crippen molar-refractivity contribution in [3.63, 3.8) is 0 Å². The quantitative estimate of drug-likeness (QED) is 0.624. The maximum absolute atomic E-state index is 12.1. The molecule has 1 aromatic heterocycles. The summed E-state index contributed by atoms with van der Waals surface area (Å²) in [5.41, 5.74) is 3.15. The van der Waals surface area contributed by atoms with Gasteiger partial charge < -0.3 is 19.7 Å². The summed E-state index contributed by atoms with van der Waals surface area (Å²) >= 11 is 0. The molecule has 1 atom stereocenters. The van der Waals surface area contributed by atoms with Gasteiger partial charge in [0.05, 0.1) is 7.11 Å². The van der Waals surface area contributed by atoms with E-state index in [-0.39, 0.29) is 0 Å². The molecule has 5 heteroatoms. The second-order valence-corrected chi connectivity index (χ2v) is 6.77. The number of carboxylic acid groups (broad SMARTS) is 1. The lowest BCUT2D eigenvalue weighted by Crippen LogP contribution is -2.25. The molecule has 0 amide bonds. The summed E-state index contributed by atoms with van der Waals surface area (Å²) in [6.45, 7) is 5.25. The van der Waals surface area contributed by atoms with E-state index in [4.69, 9.17) is 4.74 Å². The zero-order valence-electron chi connectivity index (χ0n) is 16.0. The first-order valence-corrected chi connectivity index (χ1v) is 9.24. The topological polar surface area (TPSA) is 63.5 Å². The number of aromatic carboxylic acids is 1. The Kier molecular flexibility index (Phi) is 5.81. The molecule has 0 unspecified atom stereocenters. The van der Waals surface area contributed by atoms with Gasteiger partial charge in [-0.05, 0) is 37.1 Å². The van der Waals surface area contributed by atoms with Crippen LogP contribution in [0.3, 0.4) is 0 Å². The first kappa shape index (κ1) is 19.0. The molecule has 0 aliphatic rings.